The Labute approximate surface area is 159 Å². The number of piperidine rings is 1. The molecule has 1 saturated heterocycles. The largest absolute Gasteiger partial charge is 0.359 e. The van der Waals surface area contributed by atoms with Crippen molar-refractivity contribution < 1.29 is 17.7 Å². The van der Waals surface area contributed by atoms with Crippen LogP contribution in [0.3, 0.4) is 0 Å². The van der Waals surface area contributed by atoms with Crippen LogP contribution in [0.1, 0.15) is 53.2 Å². The third kappa shape index (κ3) is 4.92. The summed E-state index contributed by atoms with van der Waals surface area (Å²) < 4.78 is 30.1. The third-order valence-electron chi connectivity index (χ3n) is 4.71. The molecule has 0 radical (unpaired) electrons. The highest BCUT2D eigenvalue weighted by atomic mass is 32.2. The number of aromatic nitrogens is 2. The molecule has 0 spiro atoms. The van der Waals surface area contributed by atoms with Gasteiger partial charge in [-0.25, -0.2) is 12.7 Å². The van der Waals surface area contributed by atoms with E-state index in [1.165, 1.54) is 16.8 Å². The van der Waals surface area contributed by atoms with E-state index in [9.17, 15) is 13.2 Å². The van der Waals surface area contributed by atoms with Crippen LogP contribution in [0, 0.1) is 0 Å². The Bertz CT molecular complexity index is 892. The van der Waals surface area contributed by atoms with Gasteiger partial charge in [0.05, 0.1) is 24.1 Å². The third-order valence-corrected chi connectivity index (χ3v) is 5.98. The zero-order valence-corrected chi connectivity index (χ0v) is 16.3. The van der Waals surface area contributed by atoms with Crippen molar-refractivity contribution in [1.82, 2.24) is 19.8 Å². The number of carbonyl (C=O) groups excluding carboxylic acids is 1. The second kappa shape index (κ2) is 8.18. The van der Waals surface area contributed by atoms with Gasteiger partial charge >= 0.3 is 0 Å². The van der Waals surface area contributed by atoms with Crippen LogP contribution in [0.15, 0.2) is 28.9 Å². The quantitative estimate of drug-likeness (QED) is 0.802. The summed E-state index contributed by atoms with van der Waals surface area (Å²) in [5.74, 6) is 0.407. The number of nitrogens with one attached hydrogen (secondary N) is 1. The summed E-state index contributed by atoms with van der Waals surface area (Å²) in [6.07, 6.45) is 5.23. The molecule has 0 saturated carbocycles. The van der Waals surface area contributed by atoms with Gasteiger partial charge < -0.3 is 9.84 Å². The molecule has 0 aromatic carbocycles. The van der Waals surface area contributed by atoms with Crippen LogP contribution in [-0.4, -0.2) is 48.1 Å². The normalized spacial score (nSPS) is 18.4. The fraction of sp³-hybridized carbons (Fsp3) is 0.500. The summed E-state index contributed by atoms with van der Waals surface area (Å²) in [4.78, 5) is 16.7. The van der Waals surface area contributed by atoms with Crippen molar-refractivity contribution in [2.75, 3.05) is 19.3 Å². The molecule has 1 amide bonds. The zero-order chi connectivity index (χ0) is 19.4. The number of aryl methyl sites for hydroxylation is 1. The Morgan fingerprint density at radius 2 is 2.22 bits per heavy atom. The maximum Gasteiger partial charge on any atom is 0.253 e. The Kier molecular flexibility index (Phi) is 5.91. The molecular formula is C18H24N4O4S. The van der Waals surface area contributed by atoms with Crippen LogP contribution < -0.4 is 5.32 Å². The first-order chi connectivity index (χ1) is 12.9. The van der Waals surface area contributed by atoms with Gasteiger partial charge in [0, 0.05) is 37.0 Å². The van der Waals surface area contributed by atoms with E-state index < -0.39 is 10.0 Å². The van der Waals surface area contributed by atoms with Crippen molar-refractivity contribution in [2.24, 2.45) is 0 Å². The van der Waals surface area contributed by atoms with Crippen molar-refractivity contribution in [1.29, 1.82) is 0 Å². The SMILES string of the molecule is CCc1cc(CNC(=O)c2ccc([C@@H]3CCCN(S(C)(=O)=O)C3)nc2)on1. The molecule has 0 unspecified atom stereocenters. The first kappa shape index (κ1) is 19.5. The predicted molar refractivity (Wildman–Crippen MR) is 99.7 cm³/mol. The molecule has 3 heterocycles. The molecule has 0 bridgehead atoms. The van der Waals surface area contributed by atoms with Crippen molar-refractivity contribution in [3.05, 3.63) is 47.1 Å². The van der Waals surface area contributed by atoms with Crippen LogP contribution in [0.4, 0.5) is 0 Å². The standard InChI is InChI=1S/C18H24N4O4S/c1-3-15-9-16(26-21-15)11-20-18(23)13-6-7-17(19-10-13)14-5-4-8-22(12-14)27(2,24)25/h6-7,9-10,14H,3-5,8,11-12H2,1-2H3,(H,20,23)/t14-/m1/s1. The second-order valence-electron chi connectivity index (χ2n) is 6.75. The number of pyridine rings is 1. The van der Waals surface area contributed by atoms with E-state index in [-0.39, 0.29) is 18.4 Å². The number of amides is 1. The highest BCUT2D eigenvalue weighted by molar-refractivity contribution is 7.88. The monoisotopic (exact) mass is 392 g/mol. The highest BCUT2D eigenvalue weighted by Gasteiger charge is 2.27. The van der Waals surface area contributed by atoms with Gasteiger partial charge in [0.1, 0.15) is 0 Å². The van der Waals surface area contributed by atoms with Gasteiger partial charge in [0.2, 0.25) is 10.0 Å². The average Bonchev–Trinajstić information content (AvgIpc) is 3.14. The lowest BCUT2D eigenvalue weighted by Crippen LogP contribution is -2.38. The summed E-state index contributed by atoms with van der Waals surface area (Å²) >= 11 is 0. The molecule has 1 aliphatic rings. The van der Waals surface area contributed by atoms with Crippen LogP contribution in [0.2, 0.25) is 0 Å². The lowest BCUT2D eigenvalue weighted by atomic mass is 9.95. The molecule has 146 valence electrons. The number of rotatable bonds is 6. The smallest absolute Gasteiger partial charge is 0.253 e. The first-order valence-corrected chi connectivity index (χ1v) is 10.9. The van der Waals surface area contributed by atoms with Gasteiger partial charge in [-0.1, -0.05) is 12.1 Å². The molecule has 2 aromatic heterocycles. The summed E-state index contributed by atoms with van der Waals surface area (Å²) in [7, 11) is -3.19. The first-order valence-electron chi connectivity index (χ1n) is 9.00. The average molecular weight is 392 g/mol. The van der Waals surface area contributed by atoms with Crippen molar-refractivity contribution in [3.63, 3.8) is 0 Å². The number of hydrogen-bond donors (Lipinski definition) is 1. The Hall–Kier alpha value is -2.26. The van der Waals surface area contributed by atoms with Crippen LogP contribution in [-0.2, 0) is 23.0 Å². The number of nitrogens with zero attached hydrogens (tertiary/aromatic N) is 3. The van der Waals surface area contributed by atoms with E-state index in [1.54, 1.807) is 12.1 Å². The van der Waals surface area contributed by atoms with Crippen molar-refractivity contribution in [2.45, 2.75) is 38.6 Å². The minimum absolute atomic E-state index is 0.0484. The van der Waals surface area contributed by atoms with E-state index >= 15 is 0 Å². The minimum atomic E-state index is -3.19. The number of carbonyl (C=O) groups is 1. The van der Waals surface area contributed by atoms with Crippen LogP contribution >= 0.6 is 0 Å². The van der Waals surface area contributed by atoms with Gasteiger partial charge in [-0.3, -0.25) is 9.78 Å². The summed E-state index contributed by atoms with van der Waals surface area (Å²) in [6, 6.07) is 5.34. The molecule has 1 atom stereocenters. The fourth-order valence-corrected chi connectivity index (χ4v) is 4.05. The van der Waals surface area contributed by atoms with Gasteiger partial charge in [0.15, 0.2) is 5.76 Å². The molecule has 0 aliphatic carbocycles. The van der Waals surface area contributed by atoms with Gasteiger partial charge in [0.25, 0.3) is 5.91 Å². The fourth-order valence-electron chi connectivity index (χ4n) is 3.14. The molecule has 1 aliphatic heterocycles. The lowest BCUT2D eigenvalue weighted by molar-refractivity contribution is 0.0946. The maximum absolute atomic E-state index is 12.3. The molecule has 2 aromatic rings. The molecular weight excluding hydrogens is 368 g/mol. The minimum Gasteiger partial charge on any atom is -0.359 e. The summed E-state index contributed by atoms with van der Waals surface area (Å²) in [6.45, 7) is 3.23. The van der Waals surface area contributed by atoms with Crippen LogP contribution in [0.25, 0.3) is 0 Å². The highest BCUT2D eigenvalue weighted by Crippen LogP contribution is 2.26. The lowest BCUT2D eigenvalue weighted by Gasteiger charge is -2.30. The van der Waals surface area contributed by atoms with Crippen molar-refractivity contribution in [3.8, 4) is 0 Å². The summed E-state index contributed by atoms with van der Waals surface area (Å²) in [5, 5.41) is 6.67. The van der Waals surface area contributed by atoms with Crippen LogP contribution in [0.5, 0.6) is 0 Å². The topological polar surface area (TPSA) is 105 Å². The van der Waals surface area contributed by atoms with E-state index in [1.807, 2.05) is 13.0 Å². The zero-order valence-electron chi connectivity index (χ0n) is 15.5. The molecule has 3 rings (SSSR count). The van der Waals surface area contributed by atoms with Gasteiger partial charge in [-0.2, -0.15) is 0 Å². The molecule has 8 nitrogen and oxygen atoms in total. The number of sulfonamides is 1. The molecule has 1 N–H and O–H groups in total. The summed E-state index contributed by atoms with van der Waals surface area (Å²) in [5.41, 5.74) is 2.10. The molecule has 9 heteroatoms. The van der Waals surface area contributed by atoms with Gasteiger partial charge in [-0.05, 0) is 31.4 Å². The molecule has 1 fully saturated rings. The van der Waals surface area contributed by atoms with E-state index in [0.29, 0.717) is 24.4 Å². The molecule has 27 heavy (non-hydrogen) atoms. The number of hydrogen-bond acceptors (Lipinski definition) is 6. The maximum atomic E-state index is 12.3. The van der Waals surface area contributed by atoms with E-state index in [2.05, 4.69) is 15.5 Å². The van der Waals surface area contributed by atoms with E-state index in [4.69, 9.17) is 4.52 Å². The predicted octanol–water partition coefficient (Wildman–Crippen LogP) is 1.70. The van der Waals surface area contributed by atoms with Crippen molar-refractivity contribution >= 4 is 15.9 Å². The van der Waals surface area contributed by atoms with E-state index in [0.717, 1.165) is 30.7 Å². The second-order valence-corrected chi connectivity index (χ2v) is 8.74. The van der Waals surface area contributed by atoms with Gasteiger partial charge in [-0.15, -0.1) is 0 Å². The Morgan fingerprint density at radius 1 is 1.41 bits per heavy atom. The Morgan fingerprint density at radius 3 is 2.85 bits per heavy atom. The Balaban J connectivity index is 1.60.